The van der Waals surface area contributed by atoms with Gasteiger partial charge in [0.05, 0.1) is 21.8 Å². The van der Waals surface area contributed by atoms with E-state index in [0.29, 0.717) is 21.9 Å². The molecule has 3 heteroatoms. The fourth-order valence-corrected chi connectivity index (χ4v) is 4.09. The molecule has 2 aliphatic rings. The Kier molecular flexibility index (Phi) is 3.43. The fraction of sp³-hybridized carbons (Fsp3) is 0.263. The lowest BCUT2D eigenvalue weighted by Gasteiger charge is -2.38. The summed E-state index contributed by atoms with van der Waals surface area (Å²) >= 11 is 12.7. The van der Waals surface area contributed by atoms with Crippen LogP contribution in [0.4, 0.5) is 5.69 Å². The lowest BCUT2D eigenvalue weighted by molar-refractivity contribution is 0.425. The van der Waals surface area contributed by atoms with E-state index in [0.717, 1.165) is 12.1 Å². The lowest BCUT2D eigenvalue weighted by Crippen LogP contribution is -2.29. The van der Waals surface area contributed by atoms with E-state index in [4.69, 9.17) is 23.2 Å². The predicted octanol–water partition coefficient (Wildman–Crippen LogP) is 6.13. The molecule has 1 aliphatic carbocycles. The fourth-order valence-electron chi connectivity index (χ4n) is 3.71. The van der Waals surface area contributed by atoms with Crippen LogP contribution < -0.4 is 5.32 Å². The Morgan fingerprint density at radius 3 is 2.59 bits per heavy atom. The minimum atomic E-state index is 0.268. The minimum Gasteiger partial charge on any atom is -0.376 e. The third kappa shape index (κ3) is 2.15. The van der Waals surface area contributed by atoms with Crippen molar-refractivity contribution in [2.75, 3.05) is 5.32 Å². The number of nitrogens with one attached hydrogen (secondary N) is 1. The van der Waals surface area contributed by atoms with Crippen LogP contribution in [0, 0.1) is 12.8 Å². The number of allylic oxidation sites excluding steroid dienone is 2. The van der Waals surface area contributed by atoms with Crippen molar-refractivity contribution < 1.29 is 0 Å². The molecule has 1 aliphatic heterocycles. The van der Waals surface area contributed by atoms with Gasteiger partial charge in [-0.05, 0) is 36.5 Å². The normalized spacial score (nSPS) is 25.5. The zero-order valence-corrected chi connectivity index (χ0v) is 13.8. The van der Waals surface area contributed by atoms with Gasteiger partial charge >= 0.3 is 0 Å². The van der Waals surface area contributed by atoms with Crippen LogP contribution in [0.5, 0.6) is 0 Å². The number of hydrogen-bond donors (Lipinski definition) is 1. The largest absolute Gasteiger partial charge is 0.376 e. The molecule has 0 spiro atoms. The average Bonchev–Trinajstić information content (AvgIpc) is 3.01. The van der Waals surface area contributed by atoms with Crippen molar-refractivity contribution in [1.29, 1.82) is 0 Å². The first-order valence-corrected chi connectivity index (χ1v) is 8.38. The van der Waals surface area contributed by atoms with Gasteiger partial charge in [-0.3, -0.25) is 0 Å². The maximum Gasteiger partial charge on any atom is 0.0826 e. The van der Waals surface area contributed by atoms with E-state index < -0.39 is 0 Å². The summed E-state index contributed by atoms with van der Waals surface area (Å²) in [5, 5.41) is 4.90. The second-order valence-electron chi connectivity index (χ2n) is 6.21. The summed E-state index contributed by atoms with van der Waals surface area (Å²) in [5.74, 6) is 0.949. The van der Waals surface area contributed by atoms with Gasteiger partial charge in [0, 0.05) is 5.92 Å². The summed E-state index contributed by atoms with van der Waals surface area (Å²) in [6.07, 6.45) is 5.70. The third-order valence-corrected chi connectivity index (χ3v) is 5.67. The van der Waals surface area contributed by atoms with Gasteiger partial charge in [0.2, 0.25) is 0 Å². The second-order valence-corrected chi connectivity index (χ2v) is 7.00. The molecule has 0 radical (unpaired) electrons. The molecule has 2 aromatic carbocycles. The zero-order valence-electron chi connectivity index (χ0n) is 12.3. The standard InChI is InChI=1S/C19H17Cl2N/c1-11-5-7-12(8-6-11)18-14-4-2-3-13(14)15-9-10-16(20)17(21)19(15)22-18/h2-3,5-10,13-14,18,22H,4H2,1H3/t13-,14+,18+/m1/s1. The van der Waals surface area contributed by atoms with Crippen molar-refractivity contribution in [3.63, 3.8) is 0 Å². The molecule has 22 heavy (non-hydrogen) atoms. The number of hydrogen-bond acceptors (Lipinski definition) is 1. The number of aryl methyl sites for hydroxylation is 1. The highest BCUT2D eigenvalue weighted by molar-refractivity contribution is 6.43. The first kappa shape index (κ1) is 14.2. The number of benzene rings is 2. The van der Waals surface area contributed by atoms with Crippen LogP contribution in [-0.4, -0.2) is 0 Å². The summed E-state index contributed by atoms with van der Waals surface area (Å²) < 4.78 is 0. The molecule has 1 N–H and O–H groups in total. The van der Waals surface area contributed by atoms with Gasteiger partial charge in [-0.1, -0.05) is 71.2 Å². The smallest absolute Gasteiger partial charge is 0.0826 e. The highest BCUT2D eigenvalue weighted by Crippen LogP contribution is 2.52. The van der Waals surface area contributed by atoms with Crippen LogP contribution in [-0.2, 0) is 0 Å². The Balaban J connectivity index is 1.82. The van der Waals surface area contributed by atoms with Gasteiger partial charge in [-0.15, -0.1) is 0 Å². The van der Waals surface area contributed by atoms with E-state index in [-0.39, 0.29) is 6.04 Å². The van der Waals surface area contributed by atoms with Crippen molar-refractivity contribution >= 4 is 28.9 Å². The molecule has 0 aromatic heterocycles. The SMILES string of the molecule is Cc1ccc([C@@H]2Nc3c(ccc(Cl)c3Cl)[C@@H]3C=CC[C@@H]32)cc1. The first-order chi connectivity index (χ1) is 10.6. The summed E-state index contributed by atoms with van der Waals surface area (Å²) in [6.45, 7) is 2.12. The Hall–Kier alpha value is -1.44. The number of rotatable bonds is 1. The van der Waals surface area contributed by atoms with E-state index in [1.165, 1.54) is 16.7 Å². The molecule has 0 fully saturated rings. The average molecular weight is 330 g/mol. The molecular weight excluding hydrogens is 313 g/mol. The summed E-state index contributed by atoms with van der Waals surface area (Å²) in [4.78, 5) is 0. The van der Waals surface area contributed by atoms with E-state index in [2.05, 4.69) is 54.7 Å². The van der Waals surface area contributed by atoms with E-state index in [1.807, 2.05) is 6.07 Å². The molecule has 0 unspecified atom stereocenters. The molecular formula is C19H17Cl2N. The highest BCUT2D eigenvalue weighted by Gasteiger charge is 2.38. The van der Waals surface area contributed by atoms with Gasteiger partial charge in [0.15, 0.2) is 0 Å². The Labute approximate surface area is 140 Å². The van der Waals surface area contributed by atoms with E-state index >= 15 is 0 Å². The Bertz CT molecular complexity index is 749. The number of halogens is 2. The van der Waals surface area contributed by atoms with Gasteiger partial charge in [0.1, 0.15) is 0 Å². The van der Waals surface area contributed by atoms with Gasteiger partial charge in [0.25, 0.3) is 0 Å². The van der Waals surface area contributed by atoms with Gasteiger partial charge in [-0.2, -0.15) is 0 Å². The molecule has 1 nitrogen and oxygen atoms in total. The van der Waals surface area contributed by atoms with Crippen LogP contribution in [0.2, 0.25) is 10.0 Å². The summed E-state index contributed by atoms with van der Waals surface area (Å²) in [5.41, 5.74) is 4.84. The van der Waals surface area contributed by atoms with Gasteiger partial charge < -0.3 is 5.32 Å². The van der Waals surface area contributed by atoms with Crippen molar-refractivity contribution in [3.8, 4) is 0 Å². The molecule has 2 aromatic rings. The molecule has 0 saturated heterocycles. The van der Waals surface area contributed by atoms with Crippen LogP contribution in [0.25, 0.3) is 0 Å². The van der Waals surface area contributed by atoms with Crippen molar-refractivity contribution in [2.24, 2.45) is 5.92 Å². The topological polar surface area (TPSA) is 12.0 Å². The lowest BCUT2D eigenvalue weighted by atomic mass is 9.77. The molecule has 3 atom stereocenters. The maximum atomic E-state index is 6.46. The highest BCUT2D eigenvalue weighted by atomic mass is 35.5. The van der Waals surface area contributed by atoms with Crippen LogP contribution in [0.15, 0.2) is 48.6 Å². The second kappa shape index (κ2) is 5.33. The molecule has 112 valence electrons. The summed E-state index contributed by atoms with van der Waals surface area (Å²) in [7, 11) is 0. The first-order valence-electron chi connectivity index (χ1n) is 7.63. The molecule has 0 saturated carbocycles. The monoisotopic (exact) mass is 329 g/mol. The molecule has 0 bridgehead atoms. The molecule has 0 amide bonds. The van der Waals surface area contributed by atoms with E-state index in [9.17, 15) is 0 Å². The predicted molar refractivity (Wildman–Crippen MR) is 94.0 cm³/mol. The van der Waals surface area contributed by atoms with Crippen molar-refractivity contribution in [2.45, 2.75) is 25.3 Å². The maximum absolute atomic E-state index is 6.46. The van der Waals surface area contributed by atoms with E-state index in [1.54, 1.807) is 0 Å². The van der Waals surface area contributed by atoms with Crippen molar-refractivity contribution in [1.82, 2.24) is 0 Å². The number of fused-ring (bicyclic) bond motifs is 3. The molecule has 4 rings (SSSR count). The van der Waals surface area contributed by atoms with Crippen LogP contribution in [0.3, 0.4) is 0 Å². The van der Waals surface area contributed by atoms with Gasteiger partial charge in [-0.25, -0.2) is 0 Å². The third-order valence-electron chi connectivity index (χ3n) is 4.86. The Morgan fingerprint density at radius 2 is 1.82 bits per heavy atom. The zero-order chi connectivity index (χ0) is 15.3. The summed E-state index contributed by atoms with van der Waals surface area (Å²) in [6, 6.07) is 13.0. The molecule has 1 heterocycles. The van der Waals surface area contributed by atoms with Crippen molar-refractivity contribution in [3.05, 3.63) is 75.3 Å². The minimum absolute atomic E-state index is 0.268. The number of anilines is 1. The quantitative estimate of drug-likeness (QED) is 0.620. The van der Waals surface area contributed by atoms with Crippen LogP contribution >= 0.6 is 23.2 Å². The Morgan fingerprint density at radius 1 is 1.05 bits per heavy atom. The van der Waals surface area contributed by atoms with Crippen LogP contribution in [0.1, 0.15) is 35.1 Å².